The molecule has 3 nitrogen and oxygen atoms in total. The Bertz CT molecular complexity index is 488. The van der Waals surface area contributed by atoms with Crippen LogP contribution in [0.5, 0.6) is 0 Å². The number of fused-ring (bicyclic) bond motifs is 1. The molecule has 1 saturated heterocycles. The second kappa shape index (κ2) is 6.46. The highest BCUT2D eigenvalue weighted by Crippen LogP contribution is 2.33. The molecule has 2 N–H and O–H groups in total. The standard InChI is InChI=1S/C15H22N2OS.ClH/c1-10-4-5-13-11(7-10)8-14(19-13)15(18)17-6-2-3-12(17)9-16;/h8,10,12H,2-7,9,16H2,1H3;1H. The molecule has 0 bridgehead atoms. The molecular weight excluding hydrogens is 292 g/mol. The van der Waals surface area contributed by atoms with Crippen molar-refractivity contribution >= 4 is 29.7 Å². The molecule has 112 valence electrons. The number of rotatable bonds is 2. The zero-order valence-corrected chi connectivity index (χ0v) is 13.6. The maximum Gasteiger partial charge on any atom is 0.264 e. The van der Waals surface area contributed by atoms with Crippen LogP contribution in [0.15, 0.2) is 6.07 Å². The lowest BCUT2D eigenvalue weighted by atomic mass is 9.90. The van der Waals surface area contributed by atoms with Crippen molar-refractivity contribution in [1.29, 1.82) is 0 Å². The van der Waals surface area contributed by atoms with Gasteiger partial charge in [0.1, 0.15) is 0 Å². The number of nitrogens with two attached hydrogens (primary N) is 1. The minimum Gasteiger partial charge on any atom is -0.334 e. The van der Waals surface area contributed by atoms with Crippen LogP contribution in [0.1, 0.15) is 46.3 Å². The molecule has 0 saturated carbocycles. The third-order valence-corrected chi connectivity index (χ3v) is 5.68. The SMILES string of the molecule is CC1CCc2sc(C(=O)N3CCCC3CN)cc2C1.Cl. The van der Waals surface area contributed by atoms with E-state index < -0.39 is 0 Å². The smallest absolute Gasteiger partial charge is 0.264 e. The van der Waals surface area contributed by atoms with Crippen LogP contribution in [0.25, 0.3) is 0 Å². The van der Waals surface area contributed by atoms with Gasteiger partial charge in [-0.05, 0) is 49.7 Å². The Morgan fingerprint density at radius 2 is 2.30 bits per heavy atom. The van der Waals surface area contributed by atoms with E-state index in [1.54, 1.807) is 11.3 Å². The predicted octanol–water partition coefficient (Wildman–Crippen LogP) is 2.86. The van der Waals surface area contributed by atoms with Crippen molar-refractivity contribution in [3.05, 3.63) is 21.4 Å². The van der Waals surface area contributed by atoms with Crippen LogP contribution >= 0.6 is 23.7 Å². The van der Waals surface area contributed by atoms with E-state index in [1.165, 1.54) is 16.9 Å². The summed E-state index contributed by atoms with van der Waals surface area (Å²) in [7, 11) is 0. The summed E-state index contributed by atoms with van der Waals surface area (Å²) in [4.78, 5) is 16.9. The topological polar surface area (TPSA) is 46.3 Å². The normalized spacial score (nSPS) is 25.2. The third kappa shape index (κ3) is 2.87. The van der Waals surface area contributed by atoms with Gasteiger partial charge < -0.3 is 10.6 Å². The molecule has 0 aromatic carbocycles. The second-order valence-electron chi connectivity index (χ2n) is 5.94. The van der Waals surface area contributed by atoms with Crippen LogP contribution in [-0.2, 0) is 12.8 Å². The van der Waals surface area contributed by atoms with E-state index in [4.69, 9.17) is 5.73 Å². The first-order valence-electron chi connectivity index (χ1n) is 7.31. The Labute approximate surface area is 130 Å². The van der Waals surface area contributed by atoms with Gasteiger partial charge in [0.2, 0.25) is 0 Å². The molecule has 1 aliphatic heterocycles. The Balaban J connectivity index is 0.00000147. The summed E-state index contributed by atoms with van der Waals surface area (Å²) >= 11 is 1.71. The van der Waals surface area contributed by atoms with Gasteiger partial charge in [0.15, 0.2) is 0 Å². The van der Waals surface area contributed by atoms with Crippen LogP contribution in [0, 0.1) is 5.92 Å². The molecule has 3 rings (SSSR count). The largest absolute Gasteiger partial charge is 0.334 e. The third-order valence-electron chi connectivity index (χ3n) is 4.45. The summed E-state index contributed by atoms with van der Waals surface area (Å²) in [6, 6.07) is 2.40. The number of hydrogen-bond acceptors (Lipinski definition) is 3. The number of carbonyl (C=O) groups excluding carboxylic acids is 1. The molecule has 2 heterocycles. The maximum atomic E-state index is 12.6. The van der Waals surface area contributed by atoms with Crippen LogP contribution in [0.4, 0.5) is 0 Å². The maximum absolute atomic E-state index is 12.6. The first-order chi connectivity index (χ1) is 9.19. The average molecular weight is 315 g/mol. The summed E-state index contributed by atoms with van der Waals surface area (Å²) in [6.07, 6.45) is 5.70. The number of carbonyl (C=O) groups is 1. The van der Waals surface area contributed by atoms with E-state index in [1.807, 2.05) is 4.90 Å². The van der Waals surface area contributed by atoms with Crippen LogP contribution in [0.3, 0.4) is 0 Å². The molecular formula is C15H23ClN2OS. The first-order valence-corrected chi connectivity index (χ1v) is 8.13. The van der Waals surface area contributed by atoms with Crippen molar-refractivity contribution < 1.29 is 4.79 Å². The molecule has 0 spiro atoms. The fourth-order valence-corrected chi connectivity index (χ4v) is 4.47. The van der Waals surface area contributed by atoms with Crippen molar-refractivity contribution in [2.24, 2.45) is 11.7 Å². The van der Waals surface area contributed by atoms with Crippen molar-refractivity contribution in [3.8, 4) is 0 Å². The van der Waals surface area contributed by atoms with Gasteiger partial charge in [-0.3, -0.25) is 4.79 Å². The molecule has 2 unspecified atom stereocenters. The number of hydrogen-bond donors (Lipinski definition) is 1. The monoisotopic (exact) mass is 314 g/mol. The van der Waals surface area contributed by atoms with Crippen molar-refractivity contribution in [2.75, 3.05) is 13.1 Å². The van der Waals surface area contributed by atoms with Gasteiger partial charge in [0.05, 0.1) is 4.88 Å². The van der Waals surface area contributed by atoms with Gasteiger partial charge in [0, 0.05) is 24.0 Å². The van der Waals surface area contributed by atoms with Crippen molar-refractivity contribution in [3.63, 3.8) is 0 Å². The lowest BCUT2D eigenvalue weighted by Gasteiger charge is -2.22. The Kier molecular flexibility index (Phi) is 5.10. The Hall–Kier alpha value is -0.580. The van der Waals surface area contributed by atoms with E-state index in [0.29, 0.717) is 6.54 Å². The molecule has 1 aliphatic carbocycles. The van der Waals surface area contributed by atoms with Crippen molar-refractivity contribution in [1.82, 2.24) is 4.90 Å². The minimum absolute atomic E-state index is 0. The summed E-state index contributed by atoms with van der Waals surface area (Å²) in [5.74, 6) is 0.966. The molecule has 20 heavy (non-hydrogen) atoms. The lowest BCUT2D eigenvalue weighted by Crippen LogP contribution is -2.39. The number of halogens is 1. The summed E-state index contributed by atoms with van der Waals surface area (Å²) in [5, 5.41) is 0. The Morgan fingerprint density at radius 1 is 1.50 bits per heavy atom. The van der Waals surface area contributed by atoms with Gasteiger partial charge in [-0.1, -0.05) is 6.92 Å². The van der Waals surface area contributed by atoms with E-state index in [9.17, 15) is 4.79 Å². The fraction of sp³-hybridized carbons (Fsp3) is 0.667. The average Bonchev–Trinajstić information content (AvgIpc) is 3.03. The molecule has 1 amide bonds. The number of nitrogens with zero attached hydrogens (tertiary/aromatic N) is 1. The number of thiophene rings is 1. The van der Waals surface area contributed by atoms with Crippen LogP contribution in [-0.4, -0.2) is 29.9 Å². The minimum atomic E-state index is 0. The molecule has 0 radical (unpaired) electrons. The highest BCUT2D eigenvalue weighted by molar-refractivity contribution is 7.14. The zero-order valence-electron chi connectivity index (χ0n) is 11.9. The number of aryl methyl sites for hydroxylation is 1. The summed E-state index contributed by atoms with van der Waals surface area (Å²) in [6.45, 7) is 3.76. The molecule has 2 atom stereocenters. The van der Waals surface area contributed by atoms with Gasteiger partial charge >= 0.3 is 0 Å². The van der Waals surface area contributed by atoms with E-state index in [2.05, 4.69) is 13.0 Å². The number of likely N-dealkylation sites (tertiary alicyclic amines) is 1. The Morgan fingerprint density at radius 3 is 3.05 bits per heavy atom. The van der Waals surface area contributed by atoms with Gasteiger partial charge in [-0.15, -0.1) is 23.7 Å². The second-order valence-corrected chi connectivity index (χ2v) is 7.07. The van der Waals surface area contributed by atoms with Gasteiger partial charge in [-0.2, -0.15) is 0 Å². The van der Waals surface area contributed by atoms with Crippen LogP contribution < -0.4 is 5.73 Å². The highest BCUT2D eigenvalue weighted by Gasteiger charge is 2.30. The zero-order chi connectivity index (χ0) is 13.4. The number of amides is 1. The quantitative estimate of drug-likeness (QED) is 0.912. The van der Waals surface area contributed by atoms with Gasteiger partial charge in [-0.25, -0.2) is 0 Å². The van der Waals surface area contributed by atoms with Crippen LogP contribution in [0.2, 0.25) is 0 Å². The molecule has 2 aliphatic rings. The van der Waals surface area contributed by atoms with Gasteiger partial charge in [0.25, 0.3) is 5.91 Å². The summed E-state index contributed by atoms with van der Waals surface area (Å²) in [5.41, 5.74) is 7.18. The lowest BCUT2D eigenvalue weighted by molar-refractivity contribution is 0.0746. The molecule has 5 heteroatoms. The molecule has 1 aromatic heterocycles. The van der Waals surface area contributed by atoms with E-state index in [0.717, 1.165) is 43.0 Å². The van der Waals surface area contributed by atoms with E-state index in [-0.39, 0.29) is 24.4 Å². The first kappa shape index (κ1) is 15.8. The summed E-state index contributed by atoms with van der Waals surface area (Å²) < 4.78 is 0. The molecule has 1 fully saturated rings. The van der Waals surface area contributed by atoms with E-state index >= 15 is 0 Å². The van der Waals surface area contributed by atoms with Crippen molar-refractivity contribution in [2.45, 2.75) is 45.1 Å². The highest BCUT2D eigenvalue weighted by atomic mass is 35.5. The fourth-order valence-electron chi connectivity index (χ4n) is 3.30. The predicted molar refractivity (Wildman–Crippen MR) is 85.9 cm³/mol. The molecule has 1 aromatic rings.